The van der Waals surface area contributed by atoms with Crippen molar-refractivity contribution in [1.82, 2.24) is 10.5 Å². The Morgan fingerprint density at radius 2 is 1.66 bits per heavy atom. The quantitative estimate of drug-likeness (QED) is 0.550. The first-order chi connectivity index (χ1) is 17.0. The van der Waals surface area contributed by atoms with E-state index >= 15 is 0 Å². The third-order valence-corrected chi connectivity index (χ3v) is 5.92. The molecule has 10 nitrogen and oxygen atoms in total. The van der Waals surface area contributed by atoms with Gasteiger partial charge < -0.3 is 28.8 Å². The van der Waals surface area contributed by atoms with Gasteiger partial charge >= 0.3 is 6.09 Å². The van der Waals surface area contributed by atoms with Crippen molar-refractivity contribution in [1.29, 1.82) is 0 Å². The van der Waals surface area contributed by atoms with Crippen molar-refractivity contribution in [3.05, 3.63) is 71.6 Å². The third kappa shape index (κ3) is 4.98. The third-order valence-electron chi connectivity index (χ3n) is 5.92. The lowest BCUT2D eigenvalue weighted by Gasteiger charge is -2.18. The first kappa shape index (κ1) is 22.9. The fourth-order valence-electron chi connectivity index (χ4n) is 4.25. The molecule has 2 aliphatic heterocycles. The van der Waals surface area contributed by atoms with E-state index in [1.165, 1.54) is 0 Å². The molecule has 2 saturated heterocycles. The maximum atomic E-state index is 12.7. The summed E-state index contributed by atoms with van der Waals surface area (Å²) < 4.78 is 28.0. The van der Waals surface area contributed by atoms with E-state index in [9.17, 15) is 9.59 Å². The molecule has 0 aliphatic carbocycles. The average Bonchev–Trinajstić information content (AvgIpc) is 3.53. The summed E-state index contributed by atoms with van der Waals surface area (Å²) >= 11 is 0. The summed E-state index contributed by atoms with van der Waals surface area (Å²) in [5, 5.41) is 9.42. The molecule has 3 aromatic rings. The number of aryl methyl sites for hydroxylation is 2. The largest absolute Gasteiger partial charge is 0.457 e. The SMILES string of the molecule is Cc1noc(C)c1C(=O)N[C@H]1CO[C@H]2[C@@H]1OC[C@H]2OC(=O)Nc1ccc(Oc2ccccc2)cc1. The van der Waals surface area contributed by atoms with Crippen LogP contribution < -0.4 is 15.4 Å². The van der Waals surface area contributed by atoms with Crippen LogP contribution in [0.15, 0.2) is 59.1 Å². The highest BCUT2D eigenvalue weighted by Gasteiger charge is 2.50. The van der Waals surface area contributed by atoms with Gasteiger partial charge in [-0.25, -0.2) is 4.79 Å². The molecule has 3 heterocycles. The Morgan fingerprint density at radius 3 is 2.37 bits per heavy atom. The topological polar surface area (TPSA) is 121 Å². The Morgan fingerprint density at radius 1 is 0.943 bits per heavy atom. The van der Waals surface area contributed by atoms with Crippen molar-refractivity contribution in [2.24, 2.45) is 0 Å². The molecule has 2 fully saturated rings. The lowest BCUT2D eigenvalue weighted by Crippen LogP contribution is -2.44. The number of carbonyl (C=O) groups excluding carboxylic acids is 2. The summed E-state index contributed by atoms with van der Waals surface area (Å²) in [5.74, 6) is 1.51. The molecule has 0 bridgehead atoms. The number of anilines is 1. The highest BCUT2D eigenvalue weighted by Crippen LogP contribution is 2.30. The summed E-state index contributed by atoms with van der Waals surface area (Å²) in [6.07, 6.45) is -2.12. The highest BCUT2D eigenvalue weighted by atomic mass is 16.6. The van der Waals surface area contributed by atoms with Crippen LogP contribution in [0.3, 0.4) is 0 Å². The van der Waals surface area contributed by atoms with Crippen LogP contribution >= 0.6 is 0 Å². The molecule has 1 aromatic heterocycles. The highest BCUT2D eigenvalue weighted by molar-refractivity contribution is 5.96. The van der Waals surface area contributed by atoms with E-state index in [4.69, 9.17) is 23.5 Å². The fraction of sp³-hybridized carbons (Fsp3) is 0.320. The van der Waals surface area contributed by atoms with Crippen LogP contribution in [0.5, 0.6) is 11.5 Å². The van der Waals surface area contributed by atoms with Gasteiger partial charge in [-0.15, -0.1) is 0 Å². The zero-order valence-corrected chi connectivity index (χ0v) is 19.2. The van der Waals surface area contributed by atoms with Gasteiger partial charge in [-0.2, -0.15) is 0 Å². The van der Waals surface area contributed by atoms with Crippen molar-refractivity contribution in [2.75, 3.05) is 18.5 Å². The molecule has 182 valence electrons. The van der Waals surface area contributed by atoms with Gasteiger partial charge in [-0.3, -0.25) is 10.1 Å². The van der Waals surface area contributed by atoms with Gasteiger partial charge in [0.25, 0.3) is 5.91 Å². The van der Waals surface area contributed by atoms with E-state index in [0.29, 0.717) is 28.5 Å². The summed E-state index contributed by atoms with van der Waals surface area (Å²) in [6.45, 7) is 3.80. The number of rotatable bonds is 6. The van der Waals surface area contributed by atoms with Crippen LogP contribution in [-0.4, -0.2) is 54.7 Å². The monoisotopic (exact) mass is 479 g/mol. The lowest BCUT2D eigenvalue weighted by molar-refractivity contribution is 0.00861. The van der Waals surface area contributed by atoms with Crippen molar-refractivity contribution in [2.45, 2.75) is 38.2 Å². The Balaban J connectivity index is 1.13. The van der Waals surface area contributed by atoms with E-state index < -0.39 is 24.4 Å². The van der Waals surface area contributed by atoms with Gasteiger partial charge in [0.15, 0.2) is 6.10 Å². The fourth-order valence-corrected chi connectivity index (χ4v) is 4.25. The van der Waals surface area contributed by atoms with Crippen LogP contribution in [-0.2, 0) is 14.2 Å². The standard InChI is InChI=1S/C25H25N3O7/c1-14-21(15(2)35-28-14)24(29)27-19-12-31-23-20(13-32-22(19)23)34-25(30)26-16-8-10-18(11-9-16)33-17-6-4-3-5-7-17/h3-11,19-20,22-23H,12-13H2,1-2H3,(H,26,30)(H,27,29)/t19-,20+,22+,23+/m0/s1. The second kappa shape index (κ2) is 9.77. The van der Waals surface area contributed by atoms with E-state index in [-0.39, 0.29) is 25.2 Å². The Labute approximate surface area is 201 Å². The van der Waals surface area contributed by atoms with Crippen molar-refractivity contribution in [3.8, 4) is 11.5 Å². The molecule has 0 spiro atoms. The summed E-state index contributed by atoms with van der Waals surface area (Å²) in [7, 11) is 0. The van der Waals surface area contributed by atoms with E-state index in [2.05, 4.69) is 15.8 Å². The molecule has 35 heavy (non-hydrogen) atoms. The van der Waals surface area contributed by atoms with Crippen molar-refractivity contribution >= 4 is 17.7 Å². The van der Waals surface area contributed by atoms with Crippen LogP contribution in [0.4, 0.5) is 10.5 Å². The number of amides is 2. The number of hydrogen-bond donors (Lipinski definition) is 2. The van der Waals surface area contributed by atoms with Gasteiger partial charge in [0, 0.05) is 5.69 Å². The van der Waals surface area contributed by atoms with E-state index in [1.807, 2.05) is 30.3 Å². The van der Waals surface area contributed by atoms with Gasteiger partial charge in [-0.1, -0.05) is 23.4 Å². The molecule has 2 aliphatic rings. The van der Waals surface area contributed by atoms with Crippen molar-refractivity contribution in [3.63, 3.8) is 0 Å². The first-order valence-electron chi connectivity index (χ1n) is 11.3. The predicted octanol–water partition coefficient (Wildman–Crippen LogP) is 3.60. The zero-order chi connectivity index (χ0) is 24.4. The number of ether oxygens (including phenoxy) is 4. The lowest BCUT2D eigenvalue weighted by atomic mass is 10.1. The number of nitrogens with zero attached hydrogens (tertiary/aromatic N) is 1. The number of fused-ring (bicyclic) bond motifs is 1. The number of hydrogen-bond acceptors (Lipinski definition) is 8. The van der Waals surface area contributed by atoms with E-state index in [0.717, 1.165) is 5.75 Å². The minimum atomic E-state index is -0.622. The summed E-state index contributed by atoms with van der Waals surface area (Å²) in [5.41, 5.74) is 1.47. The zero-order valence-electron chi connectivity index (χ0n) is 19.2. The molecule has 0 unspecified atom stereocenters. The molecular weight excluding hydrogens is 454 g/mol. The minimum Gasteiger partial charge on any atom is -0.457 e. The second-order valence-corrected chi connectivity index (χ2v) is 8.38. The average molecular weight is 479 g/mol. The molecule has 0 saturated carbocycles. The normalized spacial score (nSPS) is 22.9. The minimum absolute atomic E-state index is 0.171. The number of aromatic nitrogens is 1. The molecule has 2 aromatic carbocycles. The maximum absolute atomic E-state index is 12.7. The second-order valence-electron chi connectivity index (χ2n) is 8.38. The summed E-state index contributed by atoms with van der Waals surface area (Å²) in [6, 6.07) is 16.0. The van der Waals surface area contributed by atoms with Gasteiger partial charge in [0.05, 0.1) is 24.9 Å². The smallest absolute Gasteiger partial charge is 0.412 e. The van der Waals surface area contributed by atoms with E-state index in [1.54, 1.807) is 38.1 Å². The predicted molar refractivity (Wildman–Crippen MR) is 124 cm³/mol. The Bertz CT molecular complexity index is 1180. The molecule has 5 rings (SSSR count). The molecular formula is C25H25N3O7. The maximum Gasteiger partial charge on any atom is 0.412 e. The first-order valence-corrected chi connectivity index (χ1v) is 11.3. The van der Waals surface area contributed by atoms with Crippen LogP contribution in [0.25, 0.3) is 0 Å². The summed E-state index contributed by atoms with van der Waals surface area (Å²) in [4.78, 5) is 25.1. The molecule has 4 atom stereocenters. The molecule has 2 N–H and O–H groups in total. The van der Waals surface area contributed by atoms with Crippen LogP contribution in [0, 0.1) is 13.8 Å². The van der Waals surface area contributed by atoms with Gasteiger partial charge in [0.1, 0.15) is 35.0 Å². The number of carbonyl (C=O) groups is 2. The van der Waals surface area contributed by atoms with Gasteiger partial charge in [0.2, 0.25) is 0 Å². The Hall–Kier alpha value is -3.89. The van der Waals surface area contributed by atoms with Gasteiger partial charge in [-0.05, 0) is 50.2 Å². The van der Waals surface area contributed by atoms with Crippen molar-refractivity contribution < 1.29 is 33.1 Å². The molecule has 0 radical (unpaired) electrons. The Kier molecular flexibility index (Phi) is 6.39. The molecule has 10 heteroatoms. The number of nitrogens with one attached hydrogen (secondary N) is 2. The number of benzene rings is 2. The molecule has 2 amide bonds. The number of para-hydroxylation sites is 1. The van der Waals surface area contributed by atoms with Crippen LogP contribution in [0.2, 0.25) is 0 Å². The van der Waals surface area contributed by atoms with Crippen LogP contribution in [0.1, 0.15) is 21.8 Å².